The summed E-state index contributed by atoms with van der Waals surface area (Å²) in [5.41, 5.74) is 2.40. The van der Waals surface area contributed by atoms with Crippen LogP contribution in [-0.4, -0.2) is 9.55 Å². The molecule has 13 heavy (non-hydrogen) atoms. The van der Waals surface area contributed by atoms with E-state index < -0.39 is 0 Å². The van der Waals surface area contributed by atoms with Crippen molar-refractivity contribution in [2.45, 2.75) is 26.8 Å². The molecule has 0 aromatic carbocycles. The first-order valence-corrected chi connectivity index (χ1v) is 4.62. The Kier molecular flexibility index (Phi) is 1.83. The summed E-state index contributed by atoms with van der Waals surface area (Å²) >= 11 is 0. The van der Waals surface area contributed by atoms with Crippen molar-refractivity contribution in [2.24, 2.45) is 0 Å². The van der Waals surface area contributed by atoms with Crippen LogP contribution in [0.2, 0.25) is 0 Å². The Morgan fingerprint density at radius 2 is 2.15 bits per heavy atom. The average molecular weight is 174 g/mol. The minimum Gasteiger partial charge on any atom is -0.330 e. The second-order valence-corrected chi connectivity index (χ2v) is 3.69. The lowest BCUT2D eigenvalue weighted by molar-refractivity contribution is 0.617. The molecule has 2 aromatic heterocycles. The Balaban J connectivity index is 2.78. The minimum atomic E-state index is 0.478. The Hall–Kier alpha value is -1.31. The monoisotopic (exact) mass is 174 g/mol. The first-order chi connectivity index (χ1) is 6.20. The molecule has 2 heterocycles. The summed E-state index contributed by atoms with van der Waals surface area (Å²) in [4.78, 5) is 4.39. The van der Waals surface area contributed by atoms with Gasteiger partial charge in [-0.2, -0.15) is 0 Å². The molecule has 0 radical (unpaired) electrons. The first-order valence-electron chi connectivity index (χ1n) is 4.62. The molecule has 0 N–H and O–H groups in total. The fourth-order valence-electron chi connectivity index (χ4n) is 1.64. The minimum absolute atomic E-state index is 0.478. The van der Waals surface area contributed by atoms with Crippen LogP contribution < -0.4 is 0 Å². The summed E-state index contributed by atoms with van der Waals surface area (Å²) in [6.07, 6.45) is 4.02. The van der Waals surface area contributed by atoms with Crippen molar-refractivity contribution in [3.8, 4) is 0 Å². The molecule has 2 aromatic rings. The zero-order valence-corrected chi connectivity index (χ0v) is 8.28. The lowest BCUT2D eigenvalue weighted by Crippen LogP contribution is -1.98. The van der Waals surface area contributed by atoms with Gasteiger partial charge < -0.3 is 4.57 Å². The highest BCUT2D eigenvalue weighted by molar-refractivity contribution is 5.80. The van der Waals surface area contributed by atoms with E-state index in [-0.39, 0.29) is 0 Å². The van der Waals surface area contributed by atoms with Crippen molar-refractivity contribution in [1.82, 2.24) is 9.55 Å². The molecule has 0 aliphatic carbocycles. The fraction of sp³-hybridized carbons (Fsp3) is 0.364. The van der Waals surface area contributed by atoms with Gasteiger partial charge in [-0.3, -0.25) is 0 Å². The maximum absolute atomic E-state index is 4.39. The molecular weight excluding hydrogens is 160 g/mol. The van der Waals surface area contributed by atoms with Crippen molar-refractivity contribution in [3.63, 3.8) is 0 Å². The Labute approximate surface area is 78.2 Å². The second-order valence-electron chi connectivity index (χ2n) is 3.69. The highest BCUT2D eigenvalue weighted by Gasteiger charge is 2.07. The van der Waals surface area contributed by atoms with E-state index in [4.69, 9.17) is 0 Å². The SMILES string of the molecule is Cc1cn(C(C)C)c2ncccc12. The van der Waals surface area contributed by atoms with Gasteiger partial charge in [-0.05, 0) is 38.5 Å². The maximum atomic E-state index is 4.39. The largest absolute Gasteiger partial charge is 0.330 e. The number of rotatable bonds is 1. The predicted octanol–water partition coefficient (Wildman–Crippen LogP) is 2.93. The van der Waals surface area contributed by atoms with Gasteiger partial charge in [-0.25, -0.2) is 4.98 Å². The Morgan fingerprint density at radius 1 is 1.38 bits per heavy atom. The number of fused-ring (bicyclic) bond motifs is 1. The molecule has 0 aliphatic heterocycles. The summed E-state index contributed by atoms with van der Waals surface area (Å²) < 4.78 is 2.21. The highest BCUT2D eigenvalue weighted by atomic mass is 15.0. The summed E-state index contributed by atoms with van der Waals surface area (Å²) in [6.45, 7) is 6.48. The first kappa shape index (κ1) is 8.30. The van der Waals surface area contributed by atoms with Gasteiger partial charge in [0.15, 0.2) is 0 Å². The van der Waals surface area contributed by atoms with Gasteiger partial charge in [0, 0.05) is 23.8 Å². The zero-order chi connectivity index (χ0) is 9.42. The molecule has 2 nitrogen and oxygen atoms in total. The lowest BCUT2D eigenvalue weighted by Gasteiger charge is -2.07. The molecular formula is C11H14N2. The summed E-state index contributed by atoms with van der Waals surface area (Å²) in [5.74, 6) is 0. The van der Waals surface area contributed by atoms with E-state index in [9.17, 15) is 0 Å². The van der Waals surface area contributed by atoms with Crippen LogP contribution in [-0.2, 0) is 0 Å². The van der Waals surface area contributed by atoms with Gasteiger partial charge in [0.2, 0.25) is 0 Å². The number of aromatic nitrogens is 2. The standard InChI is InChI=1S/C11H14N2/c1-8(2)13-7-9(3)10-5-4-6-12-11(10)13/h4-8H,1-3H3. The number of hydrogen-bond acceptors (Lipinski definition) is 1. The third kappa shape index (κ3) is 1.22. The van der Waals surface area contributed by atoms with Gasteiger partial charge in [0.25, 0.3) is 0 Å². The van der Waals surface area contributed by atoms with Crippen molar-refractivity contribution in [1.29, 1.82) is 0 Å². The van der Waals surface area contributed by atoms with Gasteiger partial charge in [-0.1, -0.05) is 0 Å². The average Bonchev–Trinajstić information content (AvgIpc) is 2.45. The van der Waals surface area contributed by atoms with E-state index in [1.807, 2.05) is 12.3 Å². The second kappa shape index (κ2) is 2.87. The molecule has 0 amide bonds. The van der Waals surface area contributed by atoms with Crippen LogP contribution in [0.25, 0.3) is 11.0 Å². The van der Waals surface area contributed by atoms with Crippen LogP contribution in [0.1, 0.15) is 25.5 Å². The zero-order valence-electron chi connectivity index (χ0n) is 8.28. The quantitative estimate of drug-likeness (QED) is 0.650. The Morgan fingerprint density at radius 3 is 2.85 bits per heavy atom. The van der Waals surface area contributed by atoms with Crippen LogP contribution in [0.3, 0.4) is 0 Å². The van der Waals surface area contributed by atoms with Crippen molar-refractivity contribution in [2.75, 3.05) is 0 Å². The summed E-state index contributed by atoms with van der Waals surface area (Å²) in [5, 5.41) is 1.26. The topological polar surface area (TPSA) is 17.8 Å². The molecule has 2 heteroatoms. The number of aryl methyl sites for hydroxylation is 1. The predicted molar refractivity (Wildman–Crippen MR) is 54.9 cm³/mol. The van der Waals surface area contributed by atoms with Crippen molar-refractivity contribution < 1.29 is 0 Å². The van der Waals surface area contributed by atoms with E-state index in [1.54, 1.807) is 0 Å². The van der Waals surface area contributed by atoms with E-state index >= 15 is 0 Å². The van der Waals surface area contributed by atoms with Gasteiger partial charge in [-0.15, -0.1) is 0 Å². The number of pyridine rings is 1. The third-order valence-corrected chi connectivity index (χ3v) is 2.35. The highest BCUT2D eigenvalue weighted by Crippen LogP contribution is 2.21. The van der Waals surface area contributed by atoms with Crippen LogP contribution in [0.15, 0.2) is 24.5 Å². The van der Waals surface area contributed by atoms with E-state index in [2.05, 4.69) is 42.6 Å². The summed E-state index contributed by atoms with van der Waals surface area (Å²) in [6, 6.07) is 4.59. The molecule has 0 aliphatic rings. The molecule has 0 fully saturated rings. The number of hydrogen-bond donors (Lipinski definition) is 0. The van der Waals surface area contributed by atoms with Gasteiger partial charge in [0.05, 0.1) is 0 Å². The lowest BCUT2D eigenvalue weighted by atomic mass is 10.2. The van der Waals surface area contributed by atoms with E-state index in [0.29, 0.717) is 6.04 Å². The van der Waals surface area contributed by atoms with E-state index in [0.717, 1.165) is 5.65 Å². The number of nitrogens with zero attached hydrogens (tertiary/aromatic N) is 2. The van der Waals surface area contributed by atoms with Gasteiger partial charge in [0.1, 0.15) is 5.65 Å². The molecule has 0 atom stereocenters. The smallest absolute Gasteiger partial charge is 0.140 e. The molecule has 68 valence electrons. The van der Waals surface area contributed by atoms with Crippen LogP contribution in [0.5, 0.6) is 0 Å². The fourth-order valence-corrected chi connectivity index (χ4v) is 1.64. The molecule has 0 spiro atoms. The van der Waals surface area contributed by atoms with Crippen molar-refractivity contribution in [3.05, 3.63) is 30.1 Å². The molecule has 0 saturated carbocycles. The van der Waals surface area contributed by atoms with Crippen LogP contribution >= 0.6 is 0 Å². The van der Waals surface area contributed by atoms with Crippen LogP contribution in [0.4, 0.5) is 0 Å². The normalized spacial score (nSPS) is 11.4. The molecule has 0 unspecified atom stereocenters. The third-order valence-electron chi connectivity index (χ3n) is 2.35. The molecule has 0 bridgehead atoms. The van der Waals surface area contributed by atoms with E-state index in [1.165, 1.54) is 10.9 Å². The van der Waals surface area contributed by atoms with Gasteiger partial charge >= 0.3 is 0 Å². The van der Waals surface area contributed by atoms with Crippen molar-refractivity contribution >= 4 is 11.0 Å². The van der Waals surface area contributed by atoms with Crippen LogP contribution in [0, 0.1) is 6.92 Å². The Bertz CT molecular complexity index is 427. The molecule has 0 saturated heterocycles. The molecule has 2 rings (SSSR count). The maximum Gasteiger partial charge on any atom is 0.140 e. The summed E-state index contributed by atoms with van der Waals surface area (Å²) in [7, 11) is 0.